The number of hydrogen-bond acceptors (Lipinski definition) is 3. The third-order valence-electron chi connectivity index (χ3n) is 1.85. The van der Waals surface area contributed by atoms with Gasteiger partial charge in [-0.3, -0.25) is 4.68 Å². The Balaban J connectivity index is 2.93. The van der Waals surface area contributed by atoms with Crippen LogP contribution in [-0.2, 0) is 6.54 Å². The van der Waals surface area contributed by atoms with Gasteiger partial charge in [-0.05, 0) is 33.2 Å². The normalized spacial score (nSPS) is 11.2. The molecule has 0 unspecified atom stereocenters. The van der Waals surface area contributed by atoms with Gasteiger partial charge in [0.25, 0.3) is 0 Å². The van der Waals surface area contributed by atoms with Crippen molar-refractivity contribution in [2.24, 2.45) is 0 Å². The lowest BCUT2D eigenvalue weighted by Gasteiger charge is -2.09. The highest BCUT2D eigenvalue weighted by Crippen LogP contribution is 2.17. The van der Waals surface area contributed by atoms with Crippen molar-refractivity contribution in [1.82, 2.24) is 15.1 Å². The summed E-state index contributed by atoms with van der Waals surface area (Å²) in [5, 5.41) is 8.73. The molecule has 0 fully saturated rings. The molecule has 0 bridgehead atoms. The van der Waals surface area contributed by atoms with Crippen molar-refractivity contribution < 1.29 is 0 Å². The quantitative estimate of drug-likeness (QED) is 0.751. The highest BCUT2D eigenvalue weighted by Gasteiger charge is 2.08. The van der Waals surface area contributed by atoms with E-state index in [2.05, 4.69) is 41.3 Å². The minimum atomic E-state index is 0.434. The van der Waals surface area contributed by atoms with Gasteiger partial charge in [0.05, 0.1) is 5.69 Å². The predicted molar refractivity (Wildman–Crippen MR) is 57.2 cm³/mol. The van der Waals surface area contributed by atoms with Crippen molar-refractivity contribution in [3.05, 3.63) is 11.8 Å². The first-order chi connectivity index (χ1) is 6.19. The lowest BCUT2D eigenvalue weighted by atomic mass is 10.3. The van der Waals surface area contributed by atoms with Crippen LogP contribution < -0.4 is 5.32 Å². The van der Waals surface area contributed by atoms with Crippen LogP contribution in [0.5, 0.6) is 0 Å². The maximum absolute atomic E-state index is 4.49. The van der Waals surface area contributed by atoms with Crippen molar-refractivity contribution in [2.45, 2.75) is 31.5 Å². The van der Waals surface area contributed by atoms with E-state index in [9.17, 15) is 0 Å². The van der Waals surface area contributed by atoms with Crippen LogP contribution in [0.25, 0.3) is 0 Å². The fourth-order valence-electron chi connectivity index (χ4n) is 1.27. The SMILES string of the molecule is CNCc1cc(SC)nn1C(C)C. The summed E-state index contributed by atoms with van der Waals surface area (Å²) >= 11 is 1.69. The molecular formula is C9H17N3S. The van der Waals surface area contributed by atoms with Gasteiger partial charge in [0.2, 0.25) is 0 Å². The Kier molecular flexibility index (Phi) is 3.81. The molecule has 0 amide bonds. The van der Waals surface area contributed by atoms with E-state index in [0.717, 1.165) is 11.6 Å². The Morgan fingerprint density at radius 2 is 2.31 bits per heavy atom. The fraction of sp³-hybridized carbons (Fsp3) is 0.667. The second kappa shape index (κ2) is 4.67. The summed E-state index contributed by atoms with van der Waals surface area (Å²) in [6.45, 7) is 5.18. The van der Waals surface area contributed by atoms with E-state index < -0.39 is 0 Å². The van der Waals surface area contributed by atoms with Crippen LogP contribution in [0.1, 0.15) is 25.6 Å². The lowest BCUT2D eigenvalue weighted by Crippen LogP contribution is -2.13. The summed E-state index contributed by atoms with van der Waals surface area (Å²) in [5.74, 6) is 0. The van der Waals surface area contributed by atoms with Crippen LogP contribution in [0, 0.1) is 0 Å². The van der Waals surface area contributed by atoms with Gasteiger partial charge in [-0.2, -0.15) is 5.10 Å². The summed E-state index contributed by atoms with van der Waals surface area (Å²) in [4.78, 5) is 0. The van der Waals surface area contributed by atoms with Crippen LogP contribution in [0.3, 0.4) is 0 Å². The maximum Gasteiger partial charge on any atom is 0.118 e. The molecule has 3 nitrogen and oxygen atoms in total. The molecule has 0 saturated carbocycles. The van der Waals surface area contributed by atoms with Gasteiger partial charge >= 0.3 is 0 Å². The molecule has 0 atom stereocenters. The number of hydrogen-bond donors (Lipinski definition) is 1. The molecule has 13 heavy (non-hydrogen) atoms. The van der Waals surface area contributed by atoms with Gasteiger partial charge in [-0.1, -0.05) is 0 Å². The van der Waals surface area contributed by atoms with Gasteiger partial charge in [-0.25, -0.2) is 0 Å². The molecule has 1 N–H and O–H groups in total. The molecule has 0 radical (unpaired) electrons. The van der Waals surface area contributed by atoms with E-state index in [1.807, 2.05) is 7.05 Å². The van der Waals surface area contributed by atoms with E-state index in [-0.39, 0.29) is 0 Å². The van der Waals surface area contributed by atoms with Crippen molar-refractivity contribution >= 4 is 11.8 Å². The highest BCUT2D eigenvalue weighted by molar-refractivity contribution is 7.98. The predicted octanol–water partition coefficient (Wildman–Crippen LogP) is 1.91. The molecule has 4 heteroatoms. The monoisotopic (exact) mass is 199 g/mol. The van der Waals surface area contributed by atoms with E-state index in [1.165, 1.54) is 5.69 Å². The number of nitrogens with zero attached hydrogens (tertiary/aromatic N) is 2. The summed E-state index contributed by atoms with van der Waals surface area (Å²) < 4.78 is 2.07. The van der Waals surface area contributed by atoms with E-state index in [0.29, 0.717) is 6.04 Å². The molecule has 0 aromatic carbocycles. The number of thioether (sulfide) groups is 1. The average molecular weight is 199 g/mol. The van der Waals surface area contributed by atoms with Crippen molar-refractivity contribution in [3.63, 3.8) is 0 Å². The first-order valence-corrected chi connectivity index (χ1v) is 5.68. The van der Waals surface area contributed by atoms with Crippen molar-refractivity contribution in [2.75, 3.05) is 13.3 Å². The van der Waals surface area contributed by atoms with Gasteiger partial charge in [0.15, 0.2) is 0 Å². The molecular weight excluding hydrogens is 182 g/mol. The fourth-order valence-corrected chi connectivity index (χ4v) is 1.69. The Morgan fingerprint density at radius 1 is 1.62 bits per heavy atom. The minimum absolute atomic E-state index is 0.434. The second-order valence-corrected chi connectivity index (χ2v) is 4.07. The van der Waals surface area contributed by atoms with E-state index in [4.69, 9.17) is 0 Å². The molecule has 1 rings (SSSR count). The number of aromatic nitrogens is 2. The van der Waals surface area contributed by atoms with Gasteiger partial charge in [-0.15, -0.1) is 11.8 Å². The van der Waals surface area contributed by atoms with Crippen LogP contribution in [0.15, 0.2) is 11.1 Å². The zero-order chi connectivity index (χ0) is 9.84. The molecule has 0 aliphatic heterocycles. The lowest BCUT2D eigenvalue weighted by molar-refractivity contribution is 0.494. The Morgan fingerprint density at radius 3 is 2.77 bits per heavy atom. The van der Waals surface area contributed by atoms with Crippen LogP contribution in [0.4, 0.5) is 0 Å². The smallest absolute Gasteiger partial charge is 0.118 e. The zero-order valence-electron chi connectivity index (χ0n) is 8.66. The Hall–Kier alpha value is -0.480. The summed E-state index contributed by atoms with van der Waals surface area (Å²) in [7, 11) is 1.95. The molecule has 1 heterocycles. The van der Waals surface area contributed by atoms with Gasteiger partial charge < -0.3 is 5.32 Å². The minimum Gasteiger partial charge on any atom is -0.314 e. The van der Waals surface area contributed by atoms with Crippen LogP contribution in [0.2, 0.25) is 0 Å². The topological polar surface area (TPSA) is 29.9 Å². The summed E-state index contributed by atoms with van der Waals surface area (Å²) in [6.07, 6.45) is 2.05. The van der Waals surface area contributed by atoms with Crippen molar-refractivity contribution in [3.8, 4) is 0 Å². The van der Waals surface area contributed by atoms with Crippen LogP contribution in [-0.4, -0.2) is 23.1 Å². The average Bonchev–Trinajstić information content (AvgIpc) is 2.48. The third-order valence-corrected chi connectivity index (χ3v) is 2.46. The first-order valence-electron chi connectivity index (χ1n) is 4.46. The molecule has 1 aromatic heterocycles. The van der Waals surface area contributed by atoms with Crippen LogP contribution >= 0.6 is 11.8 Å². The molecule has 74 valence electrons. The number of rotatable bonds is 4. The standard InChI is InChI=1S/C9H17N3S/c1-7(2)12-8(6-10-3)5-9(11-12)13-4/h5,7,10H,6H2,1-4H3. The van der Waals surface area contributed by atoms with E-state index >= 15 is 0 Å². The summed E-state index contributed by atoms with van der Waals surface area (Å²) in [5.41, 5.74) is 1.25. The largest absolute Gasteiger partial charge is 0.314 e. The number of nitrogens with one attached hydrogen (secondary N) is 1. The van der Waals surface area contributed by atoms with Gasteiger partial charge in [0, 0.05) is 12.6 Å². The van der Waals surface area contributed by atoms with E-state index in [1.54, 1.807) is 11.8 Å². The zero-order valence-corrected chi connectivity index (χ0v) is 9.48. The highest BCUT2D eigenvalue weighted by atomic mass is 32.2. The van der Waals surface area contributed by atoms with Gasteiger partial charge in [0.1, 0.15) is 5.03 Å². The third kappa shape index (κ3) is 2.48. The Bertz CT molecular complexity index is 268. The maximum atomic E-state index is 4.49. The Labute approximate surface area is 83.9 Å². The molecule has 1 aromatic rings. The molecule has 0 aliphatic rings. The summed E-state index contributed by atoms with van der Waals surface area (Å²) in [6, 6.07) is 2.57. The molecule has 0 aliphatic carbocycles. The first kappa shape index (κ1) is 10.6. The molecule has 0 spiro atoms. The molecule has 0 saturated heterocycles. The van der Waals surface area contributed by atoms with Crippen molar-refractivity contribution in [1.29, 1.82) is 0 Å². The second-order valence-electron chi connectivity index (χ2n) is 3.25.